The SMILES string of the molecule is O=S(=O)(c1ccccc1Cl)C1CCc2ccccc2NC1. The fraction of sp³-hybridized carbons (Fsp3) is 0.250. The molecule has 0 radical (unpaired) electrons. The van der Waals surface area contributed by atoms with Gasteiger partial charge in [-0.15, -0.1) is 0 Å². The van der Waals surface area contributed by atoms with E-state index in [9.17, 15) is 8.42 Å². The Labute approximate surface area is 129 Å². The molecule has 3 rings (SSSR count). The van der Waals surface area contributed by atoms with E-state index in [0.717, 1.165) is 17.7 Å². The van der Waals surface area contributed by atoms with Crippen LogP contribution in [0.1, 0.15) is 12.0 Å². The van der Waals surface area contributed by atoms with E-state index in [0.29, 0.717) is 18.0 Å². The first-order valence-electron chi connectivity index (χ1n) is 6.89. The summed E-state index contributed by atoms with van der Waals surface area (Å²) in [6.07, 6.45) is 1.34. The second-order valence-electron chi connectivity index (χ2n) is 5.17. The van der Waals surface area contributed by atoms with Crippen LogP contribution in [0.5, 0.6) is 0 Å². The number of fused-ring (bicyclic) bond motifs is 1. The van der Waals surface area contributed by atoms with Crippen LogP contribution < -0.4 is 5.32 Å². The van der Waals surface area contributed by atoms with E-state index in [2.05, 4.69) is 5.32 Å². The summed E-state index contributed by atoms with van der Waals surface area (Å²) in [7, 11) is -3.43. The number of hydrogen-bond acceptors (Lipinski definition) is 3. The lowest BCUT2D eigenvalue weighted by Crippen LogP contribution is -2.28. The van der Waals surface area contributed by atoms with Crippen LogP contribution in [0.2, 0.25) is 5.02 Å². The zero-order chi connectivity index (χ0) is 14.9. The van der Waals surface area contributed by atoms with Crippen molar-refractivity contribution in [3.63, 3.8) is 0 Å². The zero-order valence-electron chi connectivity index (χ0n) is 11.4. The quantitative estimate of drug-likeness (QED) is 0.920. The molecular formula is C16H16ClNO2S. The minimum Gasteiger partial charge on any atom is -0.384 e. The molecule has 0 amide bonds. The smallest absolute Gasteiger partial charge is 0.184 e. The summed E-state index contributed by atoms with van der Waals surface area (Å²) in [5.74, 6) is 0. The van der Waals surface area contributed by atoms with Crippen molar-refractivity contribution < 1.29 is 8.42 Å². The van der Waals surface area contributed by atoms with Gasteiger partial charge in [-0.1, -0.05) is 41.9 Å². The number of anilines is 1. The Kier molecular flexibility index (Phi) is 3.91. The second kappa shape index (κ2) is 5.70. The Morgan fingerprint density at radius 2 is 1.76 bits per heavy atom. The molecular weight excluding hydrogens is 306 g/mol. The summed E-state index contributed by atoms with van der Waals surface area (Å²) >= 11 is 6.06. The van der Waals surface area contributed by atoms with Crippen molar-refractivity contribution in [3.8, 4) is 0 Å². The van der Waals surface area contributed by atoms with Gasteiger partial charge in [-0.3, -0.25) is 0 Å². The molecule has 1 atom stereocenters. The third-order valence-corrected chi connectivity index (χ3v) is 6.55. The van der Waals surface area contributed by atoms with Crippen molar-refractivity contribution in [2.45, 2.75) is 23.0 Å². The van der Waals surface area contributed by atoms with E-state index in [1.807, 2.05) is 24.3 Å². The molecule has 1 unspecified atom stereocenters. The molecule has 0 saturated carbocycles. The Morgan fingerprint density at radius 1 is 1.05 bits per heavy atom. The number of rotatable bonds is 2. The largest absolute Gasteiger partial charge is 0.384 e. The predicted octanol–water partition coefficient (Wildman–Crippen LogP) is 3.54. The summed E-state index contributed by atoms with van der Waals surface area (Å²) in [6.45, 7) is 0.407. The van der Waals surface area contributed by atoms with Crippen LogP contribution in [0.15, 0.2) is 53.4 Å². The predicted molar refractivity (Wildman–Crippen MR) is 85.7 cm³/mol. The van der Waals surface area contributed by atoms with Gasteiger partial charge in [-0.2, -0.15) is 0 Å². The monoisotopic (exact) mass is 321 g/mol. The van der Waals surface area contributed by atoms with Gasteiger partial charge in [0, 0.05) is 12.2 Å². The average molecular weight is 322 g/mol. The number of sulfone groups is 1. The van der Waals surface area contributed by atoms with Crippen molar-refractivity contribution in [3.05, 3.63) is 59.1 Å². The highest BCUT2D eigenvalue weighted by atomic mass is 35.5. The van der Waals surface area contributed by atoms with E-state index in [1.165, 1.54) is 0 Å². The number of nitrogens with one attached hydrogen (secondary N) is 1. The Morgan fingerprint density at radius 3 is 2.57 bits per heavy atom. The lowest BCUT2D eigenvalue weighted by molar-refractivity contribution is 0.575. The molecule has 2 aromatic rings. The van der Waals surface area contributed by atoms with Gasteiger partial charge in [0.05, 0.1) is 15.2 Å². The maximum atomic E-state index is 12.8. The van der Waals surface area contributed by atoms with E-state index >= 15 is 0 Å². The topological polar surface area (TPSA) is 46.2 Å². The number of benzene rings is 2. The molecule has 0 aliphatic carbocycles. The summed E-state index contributed by atoms with van der Waals surface area (Å²) < 4.78 is 25.6. The molecule has 0 aromatic heterocycles. The lowest BCUT2D eigenvalue weighted by Gasteiger charge is -2.16. The third kappa shape index (κ3) is 2.78. The molecule has 1 aliphatic heterocycles. The van der Waals surface area contributed by atoms with E-state index in [-0.39, 0.29) is 4.90 Å². The standard InChI is InChI=1S/C16H16ClNO2S/c17-14-6-2-4-8-16(14)21(19,20)13-10-9-12-5-1-3-7-15(12)18-11-13/h1-8,13,18H,9-11H2. The molecule has 0 saturated heterocycles. The van der Waals surface area contributed by atoms with E-state index < -0.39 is 15.1 Å². The first-order chi connectivity index (χ1) is 10.1. The molecule has 5 heteroatoms. The molecule has 110 valence electrons. The van der Waals surface area contributed by atoms with Crippen LogP contribution in [0, 0.1) is 0 Å². The van der Waals surface area contributed by atoms with Gasteiger partial charge in [0.1, 0.15) is 0 Å². The lowest BCUT2D eigenvalue weighted by atomic mass is 10.1. The number of aryl methyl sites for hydroxylation is 1. The van der Waals surface area contributed by atoms with Gasteiger partial charge in [0.25, 0.3) is 0 Å². The molecule has 3 nitrogen and oxygen atoms in total. The summed E-state index contributed by atoms with van der Waals surface area (Å²) in [5, 5.41) is 3.07. The number of hydrogen-bond donors (Lipinski definition) is 1. The van der Waals surface area contributed by atoms with E-state index in [1.54, 1.807) is 24.3 Å². The van der Waals surface area contributed by atoms with Crippen molar-refractivity contribution >= 4 is 27.1 Å². The van der Waals surface area contributed by atoms with Crippen molar-refractivity contribution in [2.75, 3.05) is 11.9 Å². The molecule has 21 heavy (non-hydrogen) atoms. The molecule has 1 aliphatic rings. The molecule has 0 spiro atoms. The minimum absolute atomic E-state index is 0.226. The summed E-state index contributed by atoms with van der Waals surface area (Å²) in [5.41, 5.74) is 2.18. The summed E-state index contributed by atoms with van der Waals surface area (Å²) in [4.78, 5) is 0.226. The first-order valence-corrected chi connectivity index (χ1v) is 8.81. The van der Waals surface area contributed by atoms with Gasteiger partial charge in [0.2, 0.25) is 0 Å². The molecule has 0 fully saturated rings. The molecule has 0 bridgehead atoms. The normalized spacial score (nSPS) is 18.4. The number of halogens is 1. The van der Waals surface area contributed by atoms with Gasteiger partial charge < -0.3 is 5.32 Å². The molecule has 1 N–H and O–H groups in total. The number of para-hydroxylation sites is 1. The highest BCUT2D eigenvalue weighted by Gasteiger charge is 2.30. The Balaban J connectivity index is 1.91. The van der Waals surface area contributed by atoms with Crippen LogP contribution >= 0.6 is 11.6 Å². The summed E-state index contributed by atoms with van der Waals surface area (Å²) in [6, 6.07) is 14.6. The highest BCUT2D eigenvalue weighted by Crippen LogP contribution is 2.29. The van der Waals surface area contributed by atoms with Crippen LogP contribution in [0.25, 0.3) is 0 Å². The Bertz CT molecular complexity index is 731. The third-order valence-electron chi connectivity index (χ3n) is 3.86. The van der Waals surface area contributed by atoms with Gasteiger partial charge in [-0.25, -0.2) is 8.42 Å². The van der Waals surface area contributed by atoms with Crippen LogP contribution in [-0.2, 0) is 16.3 Å². The van der Waals surface area contributed by atoms with Crippen molar-refractivity contribution in [1.82, 2.24) is 0 Å². The maximum absolute atomic E-state index is 12.8. The van der Waals surface area contributed by atoms with E-state index in [4.69, 9.17) is 11.6 Å². The fourth-order valence-electron chi connectivity index (χ4n) is 2.67. The average Bonchev–Trinajstić information content (AvgIpc) is 2.70. The zero-order valence-corrected chi connectivity index (χ0v) is 13.0. The fourth-order valence-corrected chi connectivity index (χ4v) is 4.83. The Hall–Kier alpha value is -1.52. The second-order valence-corrected chi connectivity index (χ2v) is 7.78. The van der Waals surface area contributed by atoms with Crippen molar-refractivity contribution in [2.24, 2.45) is 0 Å². The molecule has 2 aromatic carbocycles. The van der Waals surface area contributed by atoms with Gasteiger partial charge in [-0.05, 0) is 36.6 Å². The van der Waals surface area contributed by atoms with Crippen LogP contribution in [0.3, 0.4) is 0 Å². The highest BCUT2D eigenvalue weighted by molar-refractivity contribution is 7.92. The van der Waals surface area contributed by atoms with Crippen LogP contribution in [-0.4, -0.2) is 20.2 Å². The van der Waals surface area contributed by atoms with Crippen molar-refractivity contribution in [1.29, 1.82) is 0 Å². The molecule has 1 heterocycles. The van der Waals surface area contributed by atoms with Crippen LogP contribution in [0.4, 0.5) is 5.69 Å². The first kappa shape index (κ1) is 14.4. The maximum Gasteiger partial charge on any atom is 0.184 e. The minimum atomic E-state index is -3.43. The van der Waals surface area contributed by atoms with Gasteiger partial charge in [0.15, 0.2) is 9.84 Å². The van der Waals surface area contributed by atoms with Gasteiger partial charge >= 0.3 is 0 Å².